The third-order valence-electron chi connectivity index (χ3n) is 3.16. The van der Waals surface area contributed by atoms with Gasteiger partial charge in [-0.25, -0.2) is 0 Å². The van der Waals surface area contributed by atoms with Gasteiger partial charge in [-0.2, -0.15) is 0 Å². The van der Waals surface area contributed by atoms with E-state index in [1.807, 2.05) is 19.1 Å². The van der Waals surface area contributed by atoms with Crippen LogP contribution in [0.2, 0.25) is 0 Å². The first-order chi connectivity index (χ1) is 8.08. The maximum atomic E-state index is 5.63. The number of benzene rings is 1. The van der Waals surface area contributed by atoms with Crippen LogP contribution in [0.25, 0.3) is 0 Å². The van der Waals surface area contributed by atoms with E-state index in [1.165, 1.54) is 16.8 Å². The molecule has 0 aliphatic carbocycles. The van der Waals surface area contributed by atoms with Crippen molar-refractivity contribution in [2.45, 2.75) is 33.7 Å². The van der Waals surface area contributed by atoms with Crippen LogP contribution in [0.1, 0.15) is 35.6 Å². The van der Waals surface area contributed by atoms with E-state index >= 15 is 0 Å². The summed E-state index contributed by atoms with van der Waals surface area (Å²) < 4.78 is 5.63. The average Bonchev–Trinajstić information content (AvgIpc) is 2.72. The third kappa shape index (κ3) is 2.52. The lowest BCUT2D eigenvalue weighted by Gasteiger charge is -2.16. The molecule has 0 fully saturated rings. The van der Waals surface area contributed by atoms with E-state index < -0.39 is 0 Å². The second kappa shape index (κ2) is 4.66. The second-order valence-electron chi connectivity index (χ2n) is 4.56. The normalized spacial score (nSPS) is 12.5. The Morgan fingerprint density at radius 2 is 1.82 bits per heavy atom. The first-order valence-electron chi connectivity index (χ1n) is 5.97. The Kier molecular flexibility index (Phi) is 3.23. The van der Waals surface area contributed by atoms with Crippen LogP contribution < -0.4 is 5.32 Å². The van der Waals surface area contributed by atoms with Gasteiger partial charge in [-0.05, 0) is 57.0 Å². The first-order valence-corrected chi connectivity index (χ1v) is 5.97. The molecule has 1 atom stereocenters. The maximum Gasteiger partial charge on any atom is 0.126 e. The number of aryl methyl sites for hydroxylation is 2. The molecule has 2 rings (SSSR count). The van der Waals surface area contributed by atoms with Crippen molar-refractivity contribution < 1.29 is 4.42 Å². The number of nitrogens with one attached hydrogen (secondary N) is 1. The summed E-state index contributed by atoms with van der Waals surface area (Å²) in [6, 6.07) is 10.5. The summed E-state index contributed by atoms with van der Waals surface area (Å²) in [5, 5.41) is 3.49. The fourth-order valence-electron chi connectivity index (χ4n) is 1.90. The molecule has 2 nitrogen and oxygen atoms in total. The molecule has 0 spiro atoms. The lowest BCUT2D eigenvalue weighted by molar-refractivity contribution is 0.467. The van der Waals surface area contributed by atoms with Gasteiger partial charge in [-0.1, -0.05) is 12.1 Å². The van der Waals surface area contributed by atoms with Gasteiger partial charge in [0.25, 0.3) is 0 Å². The topological polar surface area (TPSA) is 25.2 Å². The third-order valence-corrected chi connectivity index (χ3v) is 3.16. The van der Waals surface area contributed by atoms with Crippen molar-refractivity contribution in [2.75, 3.05) is 5.32 Å². The molecule has 0 bridgehead atoms. The molecular formula is C15H19NO. The number of hydrogen-bond acceptors (Lipinski definition) is 2. The smallest absolute Gasteiger partial charge is 0.126 e. The van der Waals surface area contributed by atoms with E-state index in [0.717, 1.165) is 11.5 Å². The summed E-state index contributed by atoms with van der Waals surface area (Å²) in [5.41, 5.74) is 3.77. The monoisotopic (exact) mass is 229 g/mol. The number of furan rings is 1. The largest absolute Gasteiger partial charge is 0.464 e. The summed E-state index contributed by atoms with van der Waals surface area (Å²) in [5.74, 6) is 1.93. The van der Waals surface area contributed by atoms with Gasteiger partial charge in [-0.3, -0.25) is 0 Å². The van der Waals surface area contributed by atoms with Crippen LogP contribution in [0.15, 0.2) is 34.7 Å². The van der Waals surface area contributed by atoms with Crippen molar-refractivity contribution >= 4 is 5.69 Å². The highest BCUT2D eigenvalue weighted by atomic mass is 16.3. The summed E-state index contributed by atoms with van der Waals surface area (Å²) in [7, 11) is 0. The molecule has 1 aromatic carbocycles. The molecule has 90 valence electrons. The summed E-state index contributed by atoms with van der Waals surface area (Å²) in [6.45, 7) is 8.34. The molecule has 1 aromatic heterocycles. The average molecular weight is 229 g/mol. The number of rotatable bonds is 3. The van der Waals surface area contributed by atoms with Crippen LogP contribution in [0, 0.1) is 20.8 Å². The Bertz CT molecular complexity index is 513. The number of anilines is 1. The Balaban J connectivity index is 2.18. The van der Waals surface area contributed by atoms with Gasteiger partial charge in [0.1, 0.15) is 11.5 Å². The predicted molar refractivity (Wildman–Crippen MR) is 71.4 cm³/mol. The molecule has 0 radical (unpaired) electrons. The van der Waals surface area contributed by atoms with Crippen LogP contribution >= 0.6 is 0 Å². The number of hydrogen-bond donors (Lipinski definition) is 1. The minimum Gasteiger partial charge on any atom is -0.464 e. The molecule has 2 heteroatoms. The van der Waals surface area contributed by atoms with Crippen molar-refractivity contribution in [1.82, 2.24) is 0 Å². The van der Waals surface area contributed by atoms with E-state index in [9.17, 15) is 0 Å². The Morgan fingerprint density at radius 1 is 1.06 bits per heavy atom. The quantitative estimate of drug-likeness (QED) is 0.845. The van der Waals surface area contributed by atoms with Crippen molar-refractivity contribution in [3.05, 3.63) is 53.0 Å². The fraction of sp³-hybridized carbons (Fsp3) is 0.333. The van der Waals surface area contributed by atoms with Gasteiger partial charge in [0.2, 0.25) is 0 Å². The summed E-state index contributed by atoms with van der Waals surface area (Å²) >= 11 is 0. The van der Waals surface area contributed by atoms with Crippen molar-refractivity contribution in [2.24, 2.45) is 0 Å². The molecule has 1 heterocycles. The molecule has 0 saturated carbocycles. The van der Waals surface area contributed by atoms with E-state index in [4.69, 9.17) is 4.42 Å². The Hall–Kier alpha value is -1.70. The highest BCUT2D eigenvalue weighted by molar-refractivity contribution is 5.54. The Labute approximate surface area is 103 Å². The zero-order chi connectivity index (χ0) is 12.4. The molecule has 0 aliphatic heterocycles. The van der Waals surface area contributed by atoms with Crippen LogP contribution in [0.3, 0.4) is 0 Å². The highest BCUT2D eigenvalue weighted by Crippen LogP contribution is 2.24. The van der Waals surface area contributed by atoms with Crippen molar-refractivity contribution in [3.63, 3.8) is 0 Å². The van der Waals surface area contributed by atoms with E-state index in [2.05, 4.69) is 44.3 Å². The lowest BCUT2D eigenvalue weighted by atomic mass is 10.1. The van der Waals surface area contributed by atoms with Crippen LogP contribution in [0.4, 0.5) is 5.69 Å². The molecule has 0 amide bonds. The molecular weight excluding hydrogens is 210 g/mol. The maximum absolute atomic E-state index is 5.63. The van der Waals surface area contributed by atoms with Gasteiger partial charge < -0.3 is 9.73 Å². The zero-order valence-corrected chi connectivity index (χ0v) is 10.9. The van der Waals surface area contributed by atoms with E-state index in [0.29, 0.717) is 0 Å². The van der Waals surface area contributed by atoms with Gasteiger partial charge in [-0.15, -0.1) is 0 Å². The Morgan fingerprint density at radius 3 is 2.47 bits per heavy atom. The lowest BCUT2D eigenvalue weighted by Crippen LogP contribution is -2.07. The second-order valence-corrected chi connectivity index (χ2v) is 4.56. The van der Waals surface area contributed by atoms with Crippen LogP contribution in [-0.4, -0.2) is 0 Å². The van der Waals surface area contributed by atoms with E-state index in [-0.39, 0.29) is 6.04 Å². The van der Waals surface area contributed by atoms with E-state index in [1.54, 1.807) is 0 Å². The fourth-order valence-corrected chi connectivity index (χ4v) is 1.90. The minimum atomic E-state index is 0.184. The van der Waals surface area contributed by atoms with Crippen LogP contribution in [0.5, 0.6) is 0 Å². The molecule has 17 heavy (non-hydrogen) atoms. The highest BCUT2D eigenvalue weighted by Gasteiger charge is 2.10. The van der Waals surface area contributed by atoms with Gasteiger partial charge in [0.05, 0.1) is 6.04 Å². The standard InChI is InChI=1S/C15H19NO/c1-10-6-5-7-14(12(10)3)16-13(4)15-9-8-11(2)17-15/h5-9,13,16H,1-4H3. The first kappa shape index (κ1) is 11.8. The predicted octanol–water partition coefficient (Wildman–Crippen LogP) is 4.38. The molecule has 2 aromatic rings. The van der Waals surface area contributed by atoms with Gasteiger partial charge >= 0.3 is 0 Å². The molecule has 0 saturated heterocycles. The van der Waals surface area contributed by atoms with Crippen molar-refractivity contribution in [1.29, 1.82) is 0 Å². The summed E-state index contributed by atoms with van der Waals surface area (Å²) in [6.07, 6.45) is 0. The van der Waals surface area contributed by atoms with Gasteiger partial charge in [0.15, 0.2) is 0 Å². The van der Waals surface area contributed by atoms with Crippen molar-refractivity contribution in [3.8, 4) is 0 Å². The van der Waals surface area contributed by atoms with Crippen LogP contribution in [-0.2, 0) is 0 Å². The molecule has 1 N–H and O–H groups in total. The SMILES string of the molecule is Cc1ccc(C(C)Nc2cccc(C)c2C)o1. The minimum absolute atomic E-state index is 0.184. The molecule has 1 unspecified atom stereocenters. The zero-order valence-electron chi connectivity index (χ0n) is 10.9. The summed E-state index contributed by atoms with van der Waals surface area (Å²) in [4.78, 5) is 0. The molecule has 0 aliphatic rings. The van der Waals surface area contributed by atoms with Gasteiger partial charge in [0, 0.05) is 5.69 Å².